The first-order valence-electron chi connectivity index (χ1n) is 6.11. The largest absolute Gasteiger partial charge is 0.343 e. The molecule has 0 saturated heterocycles. The fourth-order valence-electron chi connectivity index (χ4n) is 1.85. The summed E-state index contributed by atoms with van der Waals surface area (Å²) in [5.41, 5.74) is 8.00. The van der Waals surface area contributed by atoms with E-state index in [0.29, 0.717) is 5.16 Å². The highest BCUT2D eigenvalue weighted by Gasteiger charge is 2.09. The fraction of sp³-hybridized carbons (Fsp3) is 0.385. The van der Waals surface area contributed by atoms with Crippen LogP contribution in [0.3, 0.4) is 0 Å². The average molecular weight is 278 g/mol. The molecule has 0 aliphatic rings. The van der Waals surface area contributed by atoms with Gasteiger partial charge in [0.2, 0.25) is 0 Å². The van der Waals surface area contributed by atoms with Crippen molar-refractivity contribution in [3.63, 3.8) is 0 Å². The molecule has 1 aromatic heterocycles. The van der Waals surface area contributed by atoms with Gasteiger partial charge in [-0.1, -0.05) is 12.1 Å². The number of nitrogens with two attached hydrogens (primary N) is 1. The first-order valence-corrected chi connectivity index (χ1v) is 6.93. The van der Waals surface area contributed by atoms with Crippen LogP contribution in [0.25, 0.3) is 0 Å². The summed E-state index contributed by atoms with van der Waals surface area (Å²) in [4.78, 5) is 12.4. The summed E-state index contributed by atoms with van der Waals surface area (Å²) in [6.07, 6.45) is 0.868. The average Bonchev–Trinajstić information content (AvgIpc) is 2.64. The van der Waals surface area contributed by atoms with Crippen molar-refractivity contribution in [2.24, 2.45) is 12.8 Å². The molecular formula is C13H18N4OS. The van der Waals surface area contributed by atoms with Gasteiger partial charge in [-0.05, 0) is 49.2 Å². The van der Waals surface area contributed by atoms with Gasteiger partial charge in [-0.2, -0.15) is 0 Å². The van der Waals surface area contributed by atoms with Crippen LogP contribution in [-0.4, -0.2) is 20.8 Å². The Hall–Kier alpha value is -1.53. The minimum absolute atomic E-state index is 0.157. The molecule has 0 saturated carbocycles. The van der Waals surface area contributed by atoms with Crippen molar-refractivity contribution in [1.82, 2.24) is 14.8 Å². The van der Waals surface area contributed by atoms with Gasteiger partial charge in [-0.15, -0.1) is 5.10 Å². The Labute approximate surface area is 116 Å². The molecule has 1 heterocycles. The second-order valence-electron chi connectivity index (χ2n) is 4.75. The van der Waals surface area contributed by atoms with Crippen molar-refractivity contribution in [2.45, 2.75) is 36.4 Å². The van der Waals surface area contributed by atoms with E-state index in [4.69, 9.17) is 5.73 Å². The molecule has 19 heavy (non-hydrogen) atoms. The predicted molar refractivity (Wildman–Crippen MR) is 76.5 cm³/mol. The molecule has 1 aromatic carbocycles. The quantitative estimate of drug-likeness (QED) is 0.887. The molecule has 1 unspecified atom stereocenters. The van der Waals surface area contributed by atoms with Crippen LogP contribution in [0.4, 0.5) is 0 Å². The van der Waals surface area contributed by atoms with Gasteiger partial charge in [0.15, 0.2) is 5.16 Å². The van der Waals surface area contributed by atoms with Gasteiger partial charge in [0.25, 0.3) is 0 Å². The molecule has 0 aliphatic carbocycles. The number of aromatic nitrogens is 3. The molecule has 2 rings (SSSR count). The van der Waals surface area contributed by atoms with Gasteiger partial charge < -0.3 is 5.73 Å². The van der Waals surface area contributed by atoms with E-state index in [1.54, 1.807) is 7.05 Å². The van der Waals surface area contributed by atoms with E-state index in [1.807, 2.05) is 6.92 Å². The van der Waals surface area contributed by atoms with E-state index in [2.05, 4.69) is 35.3 Å². The molecule has 0 spiro atoms. The van der Waals surface area contributed by atoms with E-state index in [0.717, 1.165) is 11.3 Å². The Morgan fingerprint density at radius 1 is 1.53 bits per heavy atom. The minimum atomic E-state index is -0.200. The molecule has 6 heteroatoms. The van der Waals surface area contributed by atoms with Gasteiger partial charge in [0.1, 0.15) is 0 Å². The maximum atomic E-state index is 11.3. The molecule has 0 aliphatic heterocycles. The Morgan fingerprint density at radius 2 is 2.26 bits per heavy atom. The van der Waals surface area contributed by atoms with Crippen LogP contribution >= 0.6 is 11.8 Å². The van der Waals surface area contributed by atoms with Crippen molar-refractivity contribution in [2.75, 3.05) is 0 Å². The minimum Gasteiger partial charge on any atom is -0.328 e. The SMILES string of the molecule is Cc1cc(CC(C)N)ccc1Sc1n[nH]c(=O)n1C. The van der Waals surface area contributed by atoms with Gasteiger partial charge in [-0.25, -0.2) is 9.89 Å². The standard InChI is InChI=1S/C13H18N4OS/c1-8-6-10(7-9(2)14)4-5-11(8)19-13-16-15-12(18)17(13)3/h4-6,9H,7,14H2,1-3H3,(H,15,18). The summed E-state index contributed by atoms with van der Waals surface area (Å²) in [6.45, 7) is 4.05. The fourth-order valence-corrected chi connectivity index (χ4v) is 2.71. The number of nitrogens with zero attached hydrogens (tertiary/aromatic N) is 2. The third-order valence-corrected chi connectivity index (χ3v) is 4.06. The highest BCUT2D eigenvalue weighted by atomic mass is 32.2. The van der Waals surface area contributed by atoms with E-state index in [-0.39, 0.29) is 11.7 Å². The van der Waals surface area contributed by atoms with Crippen molar-refractivity contribution in [3.8, 4) is 0 Å². The smallest absolute Gasteiger partial charge is 0.328 e. The summed E-state index contributed by atoms with van der Waals surface area (Å²) in [7, 11) is 1.70. The van der Waals surface area contributed by atoms with E-state index >= 15 is 0 Å². The predicted octanol–water partition coefficient (Wildman–Crippen LogP) is 1.46. The van der Waals surface area contributed by atoms with Crippen LogP contribution < -0.4 is 11.4 Å². The molecule has 0 fully saturated rings. The second-order valence-corrected chi connectivity index (χ2v) is 5.76. The van der Waals surface area contributed by atoms with Crippen LogP contribution in [0.2, 0.25) is 0 Å². The molecule has 0 bridgehead atoms. The van der Waals surface area contributed by atoms with Crippen molar-refractivity contribution < 1.29 is 0 Å². The highest BCUT2D eigenvalue weighted by molar-refractivity contribution is 7.99. The zero-order chi connectivity index (χ0) is 14.0. The third-order valence-electron chi connectivity index (χ3n) is 2.84. The van der Waals surface area contributed by atoms with Crippen molar-refractivity contribution in [3.05, 3.63) is 39.8 Å². The van der Waals surface area contributed by atoms with Gasteiger partial charge in [0.05, 0.1) is 0 Å². The summed E-state index contributed by atoms with van der Waals surface area (Å²) in [5, 5.41) is 7.09. The summed E-state index contributed by atoms with van der Waals surface area (Å²) in [6, 6.07) is 6.42. The maximum absolute atomic E-state index is 11.3. The molecule has 0 radical (unpaired) electrons. The number of nitrogens with one attached hydrogen (secondary N) is 1. The number of rotatable bonds is 4. The normalized spacial score (nSPS) is 12.6. The summed E-state index contributed by atoms with van der Waals surface area (Å²) >= 11 is 1.48. The molecule has 5 nitrogen and oxygen atoms in total. The lowest BCUT2D eigenvalue weighted by molar-refractivity contribution is 0.737. The van der Waals surface area contributed by atoms with Crippen LogP contribution in [0.1, 0.15) is 18.1 Å². The van der Waals surface area contributed by atoms with Gasteiger partial charge in [0, 0.05) is 18.0 Å². The monoisotopic (exact) mass is 278 g/mol. The van der Waals surface area contributed by atoms with E-state index < -0.39 is 0 Å². The number of aromatic amines is 1. The lowest BCUT2D eigenvalue weighted by atomic mass is 10.1. The van der Waals surface area contributed by atoms with E-state index in [1.165, 1.54) is 27.5 Å². The van der Waals surface area contributed by atoms with Gasteiger partial charge >= 0.3 is 5.69 Å². The zero-order valence-electron chi connectivity index (χ0n) is 11.3. The Morgan fingerprint density at radius 3 is 2.79 bits per heavy atom. The van der Waals surface area contributed by atoms with Crippen molar-refractivity contribution >= 4 is 11.8 Å². The molecule has 102 valence electrons. The molecular weight excluding hydrogens is 260 g/mol. The summed E-state index contributed by atoms with van der Waals surface area (Å²) < 4.78 is 1.50. The van der Waals surface area contributed by atoms with Crippen LogP contribution in [0.15, 0.2) is 33.0 Å². The van der Waals surface area contributed by atoms with Crippen molar-refractivity contribution in [1.29, 1.82) is 0 Å². The Bertz CT molecular complexity index is 630. The number of hydrogen-bond donors (Lipinski definition) is 2. The number of H-pyrrole nitrogens is 1. The van der Waals surface area contributed by atoms with Gasteiger partial charge in [-0.3, -0.25) is 4.57 Å². The molecule has 0 amide bonds. The topological polar surface area (TPSA) is 76.7 Å². The summed E-state index contributed by atoms with van der Waals surface area (Å²) in [5.74, 6) is 0. The van der Waals surface area contributed by atoms with Crippen LogP contribution in [0.5, 0.6) is 0 Å². The Balaban J connectivity index is 2.22. The lowest BCUT2D eigenvalue weighted by Crippen LogP contribution is -2.17. The molecule has 1 atom stereocenters. The number of benzene rings is 1. The Kier molecular flexibility index (Phi) is 4.11. The van der Waals surface area contributed by atoms with Crippen LogP contribution in [0, 0.1) is 6.92 Å². The number of hydrogen-bond acceptors (Lipinski definition) is 4. The molecule has 2 aromatic rings. The zero-order valence-corrected chi connectivity index (χ0v) is 12.1. The van der Waals surface area contributed by atoms with Crippen LogP contribution in [-0.2, 0) is 13.5 Å². The number of aryl methyl sites for hydroxylation is 1. The maximum Gasteiger partial charge on any atom is 0.343 e. The second kappa shape index (κ2) is 5.63. The first-order chi connectivity index (χ1) is 8.97. The highest BCUT2D eigenvalue weighted by Crippen LogP contribution is 2.28. The first kappa shape index (κ1) is 13.9. The van der Waals surface area contributed by atoms with E-state index in [9.17, 15) is 4.79 Å². The third kappa shape index (κ3) is 3.27. The molecule has 3 N–H and O–H groups in total. The lowest BCUT2D eigenvalue weighted by Gasteiger charge is -2.09.